The summed E-state index contributed by atoms with van der Waals surface area (Å²) in [6.07, 6.45) is 4.59. The zero-order chi connectivity index (χ0) is 5.91. The van der Waals surface area contributed by atoms with Gasteiger partial charge in [0.25, 0.3) is 0 Å². The SMILES string of the molecule is C[SH](C)(=O)NC#N. The van der Waals surface area contributed by atoms with Gasteiger partial charge in [-0.2, -0.15) is 5.26 Å². The fourth-order valence-corrected chi connectivity index (χ4v) is 0.361. The zero-order valence-corrected chi connectivity index (χ0v) is 5.20. The second kappa shape index (κ2) is 1.94. The van der Waals surface area contributed by atoms with E-state index in [9.17, 15) is 4.21 Å². The van der Waals surface area contributed by atoms with Gasteiger partial charge in [-0.05, 0) is 10.1 Å². The first-order valence-electron chi connectivity index (χ1n) is 1.77. The largest absolute Gasteiger partial charge is 0.266 e. The molecule has 0 rings (SSSR count). The molecule has 1 N–H and O–H groups in total. The average Bonchev–Trinajstić information content (AvgIpc) is 1.30. The van der Waals surface area contributed by atoms with Crippen LogP contribution in [-0.2, 0) is 10.1 Å². The van der Waals surface area contributed by atoms with Gasteiger partial charge in [-0.15, -0.1) is 0 Å². The quantitative estimate of drug-likeness (QED) is 0.272. The van der Waals surface area contributed by atoms with E-state index in [0.717, 1.165) is 0 Å². The van der Waals surface area contributed by atoms with E-state index in [-0.39, 0.29) is 0 Å². The molecule has 0 radical (unpaired) electrons. The van der Waals surface area contributed by atoms with Crippen molar-refractivity contribution < 1.29 is 4.21 Å². The molecule has 0 saturated carbocycles. The molecule has 0 unspecified atom stereocenters. The number of nitrogens with one attached hydrogen (secondary N) is 1. The minimum atomic E-state index is -2.28. The number of nitrogens with zero attached hydrogens (tertiary/aromatic N) is 1. The van der Waals surface area contributed by atoms with Gasteiger partial charge in [0, 0.05) is 12.5 Å². The van der Waals surface area contributed by atoms with Crippen LogP contribution in [0.5, 0.6) is 0 Å². The van der Waals surface area contributed by atoms with Crippen molar-refractivity contribution in [2.75, 3.05) is 12.5 Å². The molecule has 0 aliphatic heterocycles. The maximum absolute atomic E-state index is 10.5. The predicted octanol–water partition coefficient (Wildman–Crippen LogP) is -0.752. The summed E-state index contributed by atoms with van der Waals surface area (Å²) >= 11 is 0. The summed E-state index contributed by atoms with van der Waals surface area (Å²) in [6, 6.07) is 0. The van der Waals surface area contributed by atoms with Gasteiger partial charge in [-0.1, -0.05) is 0 Å². The highest BCUT2D eigenvalue weighted by atomic mass is 32.3. The molecular weight excluding hydrogens is 112 g/mol. The van der Waals surface area contributed by atoms with E-state index >= 15 is 0 Å². The van der Waals surface area contributed by atoms with E-state index in [1.54, 1.807) is 6.19 Å². The van der Waals surface area contributed by atoms with Crippen LogP contribution in [0.4, 0.5) is 0 Å². The third-order valence-electron chi connectivity index (χ3n) is 0.319. The fraction of sp³-hybridized carbons (Fsp3) is 0.667. The topological polar surface area (TPSA) is 52.9 Å². The lowest BCUT2D eigenvalue weighted by Gasteiger charge is -2.05. The van der Waals surface area contributed by atoms with Crippen molar-refractivity contribution in [3.63, 3.8) is 0 Å². The van der Waals surface area contributed by atoms with Crippen LogP contribution >= 0.6 is 0 Å². The van der Waals surface area contributed by atoms with Crippen LogP contribution in [0.25, 0.3) is 0 Å². The summed E-state index contributed by atoms with van der Waals surface area (Å²) in [5, 5.41) is 7.87. The van der Waals surface area contributed by atoms with E-state index in [1.165, 1.54) is 12.5 Å². The van der Waals surface area contributed by atoms with Crippen molar-refractivity contribution in [2.45, 2.75) is 0 Å². The molecule has 0 saturated heterocycles. The van der Waals surface area contributed by atoms with Crippen LogP contribution in [0, 0.1) is 11.5 Å². The van der Waals surface area contributed by atoms with E-state index in [1.807, 2.05) is 0 Å². The minimum absolute atomic E-state index is 1.50. The lowest BCUT2D eigenvalue weighted by molar-refractivity contribution is 0.675. The summed E-state index contributed by atoms with van der Waals surface area (Å²) in [7, 11) is -2.28. The van der Waals surface area contributed by atoms with Crippen molar-refractivity contribution in [1.29, 1.82) is 5.26 Å². The minimum Gasteiger partial charge on any atom is -0.266 e. The van der Waals surface area contributed by atoms with Crippen molar-refractivity contribution >= 4 is 10.1 Å². The molecule has 0 aromatic carbocycles. The zero-order valence-electron chi connectivity index (χ0n) is 4.30. The molecule has 0 amide bonds. The smallest absolute Gasteiger partial charge is 0.187 e. The third kappa shape index (κ3) is 5.44. The number of thiol groups is 1. The van der Waals surface area contributed by atoms with Gasteiger partial charge < -0.3 is 0 Å². The second-order valence-corrected chi connectivity index (χ2v) is 4.50. The summed E-state index contributed by atoms with van der Waals surface area (Å²) in [5.41, 5.74) is 0. The van der Waals surface area contributed by atoms with Crippen LogP contribution in [-0.4, -0.2) is 16.7 Å². The lowest BCUT2D eigenvalue weighted by Crippen LogP contribution is -2.22. The molecule has 4 heteroatoms. The maximum atomic E-state index is 10.5. The standard InChI is InChI=1S/C3H8N2OS/c1-7(2,6)5-3-4/h7H,1-2H3,(H,5,6). The average molecular weight is 120 g/mol. The van der Waals surface area contributed by atoms with Crippen molar-refractivity contribution in [3.05, 3.63) is 0 Å². The van der Waals surface area contributed by atoms with Crippen LogP contribution < -0.4 is 4.72 Å². The Morgan fingerprint density at radius 2 is 2.14 bits per heavy atom. The molecule has 0 bridgehead atoms. The molecule has 0 aliphatic carbocycles. The third-order valence-corrected chi connectivity index (χ3v) is 0.958. The van der Waals surface area contributed by atoms with Crippen LogP contribution in [0.3, 0.4) is 0 Å². The Hall–Kier alpha value is -0.560. The molecule has 7 heavy (non-hydrogen) atoms. The highest BCUT2D eigenvalue weighted by Gasteiger charge is 1.90. The Bertz CT molecular complexity index is 130. The summed E-state index contributed by atoms with van der Waals surface area (Å²) in [5.74, 6) is 0. The fourth-order valence-electron chi connectivity index (χ4n) is 0.120. The highest BCUT2D eigenvalue weighted by Crippen LogP contribution is 1.78. The molecule has 42 valence electrons. The Balaban J connectivity index is 3.65. The molecule has 0 fully saturated rings. The summed E-state index contributed by atoms with van der Waals surface area (Å²) in [6.45, 7) is 0. The molecule has 0 aromatic rings. The number of hydrogen-bond donors (Lipinski definition) is 2. The molecule has 0 spiro atoms. The van der Waals surface area contributed by atoms with E-state index in [2.05, 4.69) is 4.72 Å². The van der Waals surface area contributed by atoms with Gasteiger partial charge >= 0.3 is 0 Å². The van der Waals surface area contributed by atoms with E-state index in [0.29, 0.717) is 0 Å². The first kappa shape index (κ1) is 6.44. The predicted molar refractivity (Wildman–Crippen MR) is 30.1 cm³/mol. The number of hydrogen-bond acceptors (Lipinski definition) is 2. The molecule has 0 aliphatic rings. The van der Waals surface area contributed by atoms with Crippen molar-refractivity contribution in [3.8, 4) is 6.19 Å². The Kier molecular flexibility index (Phi) is 1.78. The van der Waals surface area contributed by atoms with Crippen molar-refractivity contribution in [2.24, 2.45) is 0 Å². The van der Waals surface area contributed by atoms with E-state index in [4.69, 9.17) is 5.26 Å². The number of nitriles is 1. The Morgan fingerprint density at radius 3 is 2.14 bits per heavy atom. The first-order chi connectivity index (χ1) is 3.06. The lowest BCUT2D eigenvalue weighted by atomic mass is 11.5. The van der Waals surface area contributed by atoms with Gasteiger partial charge in [-0.25, -0.2) is 0 Å². The Morgan fingerprint density at radius 1 is 1.71 bits per heavy atom. The van der Waals surface area contributed by atoms with E-state index < -0.39 is 10.1 Å². The van der Waals surface area contributed by atoms with Gasteiger partial charge in [-0.3, -0.25) is 8.93 Å². The maximum Gasteiger partial charge on any atom is 0.187 e. The highest BCUT2D eigenvalue weighted by molar-refractivity contribution is 8.00. The van der Waals surface area contributed by atoms with Crippen molar-refractivity contribution in [1.82, 2.24) is 4.72 Å². The van der Waals surface area contributed by atoms with Gasteiger partial charge in [0.15, 0.2) is 6.19 Å². The van der Waals surface area contributed by atoms with Gasteiger partial charge in [0.2, 0.25) is 0 Å². The molecular formula is C3H8N2OS. The van der Waals surface area contributed by atoms with Crippen LogP contribution in [0.1, 0.15) is 0 Å². The number of rotatable bonds is 1. The van der Waals surface area contributed by atoms with Crippen LogP contribution in [0.2, 0.25) is 0 Å². The molecule has 0 aromatic heterocycles. The molecule has 0 atom stereocenters. The summed E-state index contributed by atoms with van der Waals surface area (Å²) in [4.78, 5) is 0. The monoisotopic (exact) mass is 120 g/mol. The Labute approximate surface area is 43.9 Å². The van der Waals surface area contributed by atoms with Crippen LogP contribution in [0.15, 0.2) is 0 Å². The van der Waals surface area contributed by atoms with Gasteiger partial charge in [0.1, 0.15) is 0 Å². The summed E-state index contributed by atoms with van der Waals surface area (Å²) < 4.78 is 12.6. The van der Waals surface area contributed by atoms with Gasteiger partial charge in [0.05, 0.1) is 0 Å². The first-order valence-corrected chi connectivity index (χ1v) is 4.38. The normalized spacial score (nSPS) is 12.1. The second-order valence-electron chi connectivity index (χ2n) is 1.57. The molecule has 3 nitrogen and oxygen atoms in total. The molecule has 0 heterocycles.